The van der Waals surface area contributed by atoms with Crippen molar-refractivity contribution < 1.29 is 4.74 Å². The Morgan fingerprint density at radius 1 is 1.16 bits per heavy atom. The number of ether oxygens (including phenoxy) is 1. The molecule has 19 heavy (non-hydrogen) atoms. The normalized spacial score (nSPS) is 12.8. The van der Waals surface area contributed by atoms with Gasteiger partial charge < -0.3 is 10.5 Å². The number of hydrogen-bond acceptors (Lipinski definition) is 2. The maximum absolute atomic E-state index is 6.28. The monoisotopic (exact) mass is 283 g/mol. The molecule has 1 atom stereocenters. The highest BCUT2D eigenvalue weighted by molar-refractivity contribution is 6.30. The fourth-order valence-corrected chi connectivity index (χ4v) is 2.41. The predicted octanol–water partition coefficient (Wildman–Crippen LogP) is 5.05. The minimum atomic E-state index is -0.00643. The molecular weight excluding hydrogens is 258 g/mol. The van der Waals surface area contributed by atoms with E-state index in [-0.39, 0.29) is 6.04 Å². The second-order valence-electron chi connectivity index (χ2n) is 5.31. The lowest BCUT2D eigenvalue weighted by Crippen LogP contribution is -2.14. The molecule has 1 rings (SSSR count). The molecule has 3 heteroatoms. The van der Waals surface area contributed by atoms with E-state index < -0.39 is 0 Å². The van der Waals surface area contributed by atoms with E-state index in [1.54, 1.807) is 0 Å². The van der Waals surface area contributed by atoms with Gasteiger partial charge in [0.2, 0.25) is 0 Å². The lowest BCUT2D eigenvalue weighted by atomic mass is 9.94. The summed E-state index contributed by atoms with van der Waals surface area (Å²) < 4.78 is 5.96. The highest BCUT2D eigenvalue weighted by Crippen LogP contribution is 2.37. The van der Waals surface area contributed by atoms with E-state index in [9.17, 15) is 0 Å². The van der Waals surface area contributed by atoms with Gasteiger partial charge in [0.25, 0.3) is 0 Å². The van der Waals surface area contributed by atoms with Crippen LogP contribution >= 0.6 is 11.6 Å². The van der Waals surface area contributed by atoms with Gasteiger partial charge in [-0.3, -0.25) is 0 Å². The summed E-state index contributed by atoms with van der Waals surface area (Å²) in [5.74, 6) is 1.32. The van der Waals surface area contributed by atoms with Crippen LogP contribution in [0.25, 0.3) is 0 Å². The number of halogens is 1. The van der Waals surface area contributed by atoms with Gasteiger partial charge in [-0.15, -0.1) is 0 Å². The van der Waals surface area contributed by atoms with Crippen molar-refractivity contribution in [3.63, 3.8) is 0 Å². The van der Waals surface area contributed by atoms with Gasteiger partial charge in [-0.05, 0) is 36.5 Å². The molecule has 0 spiro atoms. The summed E-state index contributed by atoms with van der Waals surface area (Å²) in [5, 5.41) is 0.745. The first-order valence-corrected chi connectivity index (χ1v) is 7.60. The molecule has 2 nitrogen and oxygen atoms in total. The van der Waals surface area contributed by atoms with Gasteiger partial charge in [0.05, 0.1) is 6.61 Å². The molecule has 0 radical (unpaired) electrons. The Morgan fingerprint density at radius 3 is 2.32 bits per heavy atom. The molecule has 2 N–H and O–H groups in total. The highest BCUT2D eigenvalue weighted by atomic mass is 35.5. The Hall–Kier alpha value is -0.730. The quantitative estimate of drug-likeness (QED) is 0.760. The van der Waals surface area contributed by atoms with Gasteiger partial charge in [-0.1, -0.05) is 45.7 Å². The zero-order chi connectivity index (χ0) is 14.4. The number of hydrogen-bond donors (Lipinski definition) is 1. The fraction of sp³-hybridized carbons (Fsp3) is 0.625. The standard InChI is InChI=1S/C16H26ClNO/c1-5-7-15(18)14-10-12(17)9-13(11(3)4)16(14)19-8-6-2/h9-11,15H,5-8,18H2,1-4H3. The Morgan fingerprint density at radius 2 is 1.79 bits per heavy atom. The zero-order valence-corrected chi connectivity index (χ0v) is 13.3. The molecule has 0 aliphatic carbocycles. The van der Waals surface area contributed by atoms with E-state index in [1.165, 1.54) is 0 Å². The summed E-state index contributed by atoms with van der Waals surface area (Å²) in [6, 6.07) is 3.95. The molecule has 0 heterocycles. The molecule has 108 valence electrons. The third-order valence-corrected chi connectivity index (χ3v) is 3.40. The van der Waals surface area contributed by atoms with E-state index in [4.69, 9.17) is 22.1 Å². The highest BCUT2D eigenvalue weighted by Gasteiger charge is 2.18. The third-order valence-electron chi connectivity index (χ3n) is 3.18. The molecule has 0 saturated heterocycles. The first kappa shape index (κ1) is 16.3. The van der Waals surface area contributed by atoms with E-state index in [1.807, 2.05) is 12.1 Å². The molecule has 0 fully saturated rings. The van der Waals surface area contributed by atoms with Crippen LogP contribution in [0.5, 0.6) is 5.75 Å². The average Bonchev–Trinajstić information content (AvgIpc) is 2.36. The van der Waals surface area contributed by atoms with Gasteiger partial charge in [-0.25, -0.2) is 0 Å². The van der Waals surface area contributed by atoms with E-state index in [0.29, 0.717) is 12.5 Å². The van der Waals surface area contributed by atoms with Crippen LogP contribution in [-0.2, 0) is 0 Å². The van der Waals surface area contributed by atoms with Gasteiger partial charge in [0, 0.05) is 16.6 Å². The van der Waals surface area contributed by atoms with Crippen LogP contribution in [0.3, 0.4) is 0 Å². The largest absolute Gasteiger partial charge is 0.493 e. The van der Waals surface area contributed by atoms with Crippen LogP contribution in [0.15, 0.2) is 12.1 Å². The van der Waals surface area contributed by atoms with Crippen LogP contribution in [-0.4, -0.2) is 6.61 Å². The van der Waals surface area contributed by atoms with Gasteiger partial charge in [-0.2, -0.15) is 0 Å². The summed E-state index contributed by atoms with van der Waals surface area (Å²) in [5.41, 5.74) is 8.48. The van der Waals surface area contributed by atoms with Crippen LogP contribution < -0.4 is 10.5 Å². The lowest BCUT2D eigenvalue weighted by Gasteiger charge is -2.22. The molecule has 0 aliphatic heterocycles. The number of rotatable bonds is 7. The van der Waals surface area contributed by atoms with Crippen LogP contribution in [0.4, 0.5) is 0 Å². The third kappa shape index (κ3) is 4.39. The number of benzene rings is 1. The summed E-state index contributed by atoms with van der Waals surface area (Å²) in [7, 11) is 0. The Kier molecular flexibility index (Phi) is 6.67. The fourth-order valence-electron chi connectivity index (χ4n) is 2.18. The van der Waals surface area contributed by atoms with Crippen molar-refractivity contribution in [2.75, 3.05) is 6.61 Å². The van der Waals surface area contributed by atoms with Crippen LogP contribution in [0.1, 0.15) is 70.0 Å². The van der Waals surface area contributed by atoms with Crippen molar-refractivity contribution in [1.82, 2.24) is 0 Å². The van der Waals surface area contributed by atoms with Gasteiger partial charge >= 0.3 is 0 Å². The van der Waals surface area contributed by atoms with Gasteiger partial charge in [0.15, 0.2) is 0 Å². The van der Waals surface area contributed by atoms with Crippen LogP contribution in [0, 0.1) is 0 Å². The molecule has 1 unspecified atom stereocenters. The maximum Gasteiger partial charge on any atom is 0.127 e. The van der Waals surface area contributed by atoms with E-state index >= 15 is 0 Å². The van der Waals surface area contributed by atoms with Crippen molar-refractivity contribution in [2.45, 2.75) is 58.9 Å². The molecule has 0 bridgehead atoms. The Bertz CT molecular complexity index is 404. The number of nitrogens with two attached hydrogens (primary N) is 1. The topological polar surface area (TPSA) is 35.2 Å². The van der Waals surface area contributed by atoms with Crippen molar-refractivity contribution in [3.05, 3.63) is 28.3 Å². The molecule has 0 aliphatic rings. The summed E-state index contributed by atoms with van der Waals surface area (Å²) in [6.45, 7) is 9.27. The summed E-state index contributed by atoms with van der Waals surface area (Å²) >= 11 is 6.23. The smallest absolute Gasteiger partial charge is 0.127 e. The molecular formula is C16H26ClNO. The molecule has 1 aromatic carbocycles. The Labute approximate surface area is 122 Å². The molecule has 1 aromatic rings. The minimum absolute atomic E-state index is 0.00643. The average molecular weight is 284 g/mol. The first-order chi connectivity index (χ1) is 9.01. The van der Waals surface area contributed by atoms with E-state index in [0.717, 1.165) is 41.2 Å². The summed E-state index contributed by atoms with van der Waals surface area (Å²) in [4.78, 5) is 0. The lowest BCUT2D eigenvalue weighted by molar-refractivity contribution is 0.307. The Balaban J connectivity index is 3.24. The second kappa shape index (κ2) is 7.76. The van der Waals surface area contributed by atoms with Gasteiger partial charge in [0.1, 0.15) is 5.75 Å². The molecule has 0 aromatic heterocycles. The zero-order valence-electron chi connectivity index (χ0n) is 12.5. The molecule has 0 saturated carbocycles. The van der Waals surface area contributed by atoms with E-state index in [2.05, 4.69) is 27.7 Å². The first-order valence-electron chi connectivity index (χ1n) is 7.22. The summed E-state index contributed by atoms with van der Waals surface area (Å²) in [6.07, 6.45) is 2.99. The van der Waals surface area contributed by atoms with Crippen LogP contribution in [0.2, 0.25) is 5.02 Å². The SMILES string of the molecule is CCCOc1c(C(C)C)cc(Cl)cc1C(N)CCC. The molecule has 0 amide bonds. The minimum Gasteiger partial charge on any atom is -0.493 e. The van der Waals surface area contributed by atoms with Crippen molar-refractivity contribution >= 4 is 11.6 Å². The second-order valence-corrected chi connectivity index (χ2v) is 5.75. The van der Waals surface area contributed by atoms with Crippen molar-refractivity contribution in [3.8, 4) is 5.75 Å². The maximum atomic E-state index is 6.28. The van der Waals surface area contributed by atoms with Crippen molar-refractivity contribution in [1.29, 1.82) is 0 Å². The predicted molar refractivity (Wildman–Crippen MR) is 83.2 cm³/mol. The van der Waals surface area contributed by atoms with Crippen molar-refractivity contribution in [2.24, 2.45) is 5.73 Å².